The van der Waals surface area contributed by atoms with E-state index in [0.717, 1.165) is 12.1 Å². The SMILES string of the molecule is CC(C)(N)CNC(=O)c1cc(F)c(F)cc1Cl. The number of hydrogen-bond donors (Lipinski definition) is 2. The van der Waals surface area contributed by atoms with E-state index in [1.807, 2.05) is 0 Å². The minimum atomic E-state index is -1.12. The van der Waals surface area contributed by atoms with Gasteiger partial charge in [-0.2, -0.15) is 0 Å². The summed E-state index contributed by atoms with van der Waals surface area (Å²) in [5.74, 6) is -2.80. The first-order valence-electron chi connectivity index (χ1n) is 4.92. The lowest BCUT2D eigenvalue weighted by Gasteiger charge is -2.19. The summed E-state index contributed by atoms with van der Waals surface area (Å²) < 4.78 is 25.7. The molecule has 1 aromatic rings. The molecule has 3 N–H and O–H groups in total. The van der Waals surface area contributed by atoms with Crippen LogP contribution in [0.25, 0.3) is 0 Å². The first kappa shape index (κ1) is 13.9. The third-order valence-electron chi connectivity index (χ3n) is 1.96. The van der Waals surface area contributed by atoms with E-state index in [9.17, 15) is 13.6 Å². The molecule has 3 nitrogen and oxygen atoms in total. The zero-order valence-corrected chi connectivity index (χ0v) is 10.2. The summed E-state index contributed by atoms with van der Waals surface area (Å²) in [6, 6.07) is 1.52. The lowest BCUT2D eigenvalue weighted by Crippen LogP contribution is -2.45. The molecule has 0 heterocycles. The van der Waals surface area contributed by atoms with E-state index in [-0.39, 0.29) is 17.1 Å². The molecule has 0 saturated heterocycles. The van der Waals surface area contributed by atoms with Crippen LogP contribution in [0, 0.1) is 11.6 Å². The Morgan fingerprint density at radius 1 is 1.41 bits per heavy atom. The van der Waals surface area contributed by atoms with Crippen LogP contribution in [0.4, 0.5) is 8.78 Å². The van der Waals surface area contributed by atoms with Crippen LogP contribution in [0.15, 0.2) is 12.1 Å². The van der Waals surface area contributed by atoms with Gasteiger partial charge in [0.2, 0.25) is 0 Å². The largest absolute Gasteiger partial charge is 0.350 e. The summed E-state index contributed by atoms with van der Waals surface area (Å²) in [5, 5.41) is 2.35. The Bertz CT molecular complexity index is 444. The van der Waals surface area contributed by atoms with Crippen LogP contribution in [0.1, 0.15) is 24.2 Å². The van der Waals surface area contributed by atoms with Crippen molar-refractivity contribution in [3.8, 4) is 0 Å². The van der Waals surface area contributed by atoms with Gasteiger partial charge in [0.25, 0.3) is 5.91 Å². The maximum absolute atomic E-state index is 13.0. The van der Waals surface area contributed by atoms with Crippen molar-refractivity contribution in [3.05, 3.63) is 34.4 Å². The Labute approximate surface area is 103 Å². The van der Waals surface area contributed by atoms with Crippen LogP contribution in [0.2, 0.25) is 5.02 Å². The number of amides is 1. The van der Waals surface area contributed by atoms with Gasteiger partial charge in [0, 0.05) is 12.1 Å². The van der Waals surface area contributed by atoms with E-state index in [1.54, 1.807) is 13.8 Å². The number of nitrogens with one attached hydrogen (secondary N) is 1. The monoisotopic (exact) mass is 262 g/mol. The smallest absolute Gasteiger partial charge is 0.252 e. The fraction of sp³-hybridized carbons (Fsp3) is 0.364. The van der Waals surface area contributed by atoms with E-state index < -0.39 is 23.1 Å². The molecule has 1 rings (SSSR count). The predicted octanol–water partition coefficient (Wildman–Crippen LogP) is 2.09. The number of nitrogens with two attached hydrogens (primary N) is 1. The number of rotatable bonds is 3. The highest BCUT2D eigenvalue weighted by Gasteiger charge is 2.17. The molecular weight excluding hydrogens is 250 g/mol. The fourth-order valence-corrected chi connectivity index (χ4v) is 1.34. The Hall–Kier alpha value is -1.20. The summed E-state index contributed by atoms with van der Waals surface area (Å²) >= 11 is 5.65. The Balaban J connectivity index is 2.86. The molecule has 0 spiro atoms. The number of carbonyl (C=O) groups is 1. The molecule has 0 saturated carbocycles. The van der Waals surface area contributed by atoms with Crippen molar-refractivity contribution in [3.63, 3.8) is 0 Å². The van der Waals surface area contributed by atoms with Crippen molar-refractivity contribution in [2.24, 2.45) is 5.73 Å². The first-order valence-corrected chi connectivity index (χ1v) is 5.30. The second kappa shape index (κ2) is 4.98. The van der Waals surface area contributed by atoms with Crippen LogP contribution in [0.5, 0.6) is 0 Å². The third kappa shape index (κ3) is 3.94. The molecule has 0 aromatic heterocycles. The van der Waals surface area contributed by atoms with Crippen molar-refractivity contribution in [1.82, 2.24) is 5.32 Å². The third-order valence-corrected chi connectivity index (χ3v) is 2.27. The molecule has 94 valence electrons. The fourth-order valence-electron chi connectivity index (χ4n) is 1.10. The molecule has 1 aromatic carbocycles. The molecule has 0 bridgehead atoms. The summed E-state index contributed by atoms with van der Waals surface area (Å²) in [7, 11) is 0. The minimum Gasteiger partial charge on any atom is -0.350 e. The maximum atomic E-state index is 13.0. The zero-order chi connectivity index (χ0) is 13.2. The van der Waals surface area contributed by atoms with Gasteiger partial charge < -0.3 is 11.1 Å². The predicted molar refractivity (Wildman–Crippen MR) is 62.0 cm³/mol. The van der Waals surface area contributed by atoms with Gasteiger partial charge >= 0.3 is 0 Å². The molecule has 0 radical (unpaired) electrons. The molecule has 0 aliphatic heterocycles. The van der Waals surface area contributed by atoms with Gasteiger partial charge in [0.05, 0.1) is 10.6 Å². The van der Waals surface area contributed by atoms with Crippen LogP contribution >= 0.6 is 11.6 Å². The standard InChI is InChI=1S/C11H13ClF2N2O/c1-11(2,15)5-16-10(17)6-3-8(13)9(14)4-7(6)12/h3-4H,5,15H2,1-2H3,(H,16,17). The number of halogens is 3. The van der Waals surface area contributed by atoms with E-state index >= 15 is 0 Å². The van der Waals surface area contributed by atoms with Crippen LogP contribution in [-0.2, 0) is 0 Å². The second-order valence-electron chi connectivity index (χ2n) is 4.42. The van der Waals surface area contributed by atoms with Crippen molar-refractivity contribution in [2.45, 2.75) is 19.4 Å². The summed E-state index contributed by atoms with van der Waals surface area (Å²) in [5.41, 5.74) is 4.96. The molecule has 0 atom stereocenters. The zero-order valence-electron chi connectivity index (χ0n) is 9.48. The topological polar surface area (TPSA) is 55.1 Å². The van der Waals surface area contributed by atoms with Gasteiger partial charge in [-0.25, -0.2) is 8.78 Å². The lowest BCUT2D eigenvalue weighted by atomic mass is 10.1. The number of benzene rings is 1. The summed E-state index contributed by atoms with van der Waals surface area (Å²) in [6.45, 7) is 3.64. The van der Waals surface area contributed by atoms with Crippen molar-refractivity contribution >= 4 is 17.5 Å². The molecular formula is C11H13ClF2N2O. The average Bonchev–Trinajstić information content (AvgIpc) is 2.19. The minimum absolute atomic E-state index is 0.116. The molecule has 0 aliphatic carbocycles. The maximum Gasteiger partial charge on any atom is 0.252 e. The molecule has 0 aliphatic rings. The van der Waals surface area contributed by atoms with E-state index in [0.29, 0.717) is 0 Å². The van der Waals surface area contributed by atoms with Crippen LogP contribution in [-0.4, -0.2) is 18.0 Å². The Kier molecular flexibility index (Phi) is 4.06. The van der Waals surface area contributed by atoms with Gasteiger partial charge in [-0.1, -0.05) is 11.6 Å². The second-order valence-corrected chi connectivity index (χ2v) is 4.82. The van der Waals surface area contributed by atoms with Gasteiger partial charge in [0.15, 0.2) is 11.6 Å². The normalized spacial score (nSPS) is 11.4. The molecule has 1 amide bonds. The molecule has 17 heavy (non-hydrogen) atoms. The van der Waals surface area contributed by atoms with E-state index in [1.165, 1.54) is 0 Å². The quantitative estimate of drug-likeness (QED) is 0.820. The highest BCUT2D eigenvalue weighted by Crippen LogP contribution is 2.19. The molecule has 0 fully saturated rings. The van der Waals surface area contributed by atoms with Crippen LogP contribution < -0.4 is 11.1 Å². The molecule has 6 heteroatoms. The van der Waals surface area contributed by atoms with E-state index in [4.69, 9.17) is 17.3 Å². The summed E-state index contributed by atoms with van der Waals surface area (Å²) in [6.07, 6.45) is 0. The van der Waals surface area contributed by atoms with Crippen molar-refractivity contribution < 1.29 is 13.6 Å². The van der Waals surface area contributed by atoms with Crippen molar-refractivity contribution in [1.29, 1.82) is 0 Å². The number of carbonyl (C=O) groups excluding carboxylic acids is 1. The van der Waals surface area contributed by atoms with Crippen LogP contribution in [0.3, 0.4) is 0 Å². The Morgan fingerprint density at radius 3 is 2.47 bits per heavy atom. The van der Waals surface area contributed by atoms with Gasteiger partial charge in [-0.3, -0.25) is 4.79 Å². The highest BCUT2D eigenvalue weighted by atomic mass is 35.5. The van der Waals surface area contributed by atoms with Crippen molar-refractivity contribution in [2.75, 3.05) is 6.54 Å². The van der Waals surface area contributed by atoms with Gasteiger partial charge in [0.1, 0.15) is 0 Å². The first-order chi connectivity index (χ1) is 7.70. The Morgan fingerprint density at radius 2 is 1.94 bits per heavy atom. The summed E-state index contributed by atoms with van der Waals surface area (Å²) in [4.78, 5) is 11.6. The highest BCUT2D eigenvalue weighted by molar-refractivity contribution is 6.33. The average molecular weight is 263 g/mol. The van der Waals surface area contributed by atoms with Gasteiger partial charge in [-0.15, -0.1) is 0 Å². The number of hydrogen-bond acceptors (Lipinski definition) is 2. The van der Waals surface area contributed by atoms with E-state index in [2.05, 4.69) is 5.32 Å². The van der Waals surface area contributed by atoms with Gasteiger partial charge in [-0.05, 0) is 26.0 Å². The lowest BCUT2D eigenvalue weighted by molar-refractivity contribution is 0.0945. The molecule has 0 unspecified atom stereocenters.